The fraction of sp³-hybridized carbons (Fsp3) is 0.333. The molecule has 0 radical (unpaired) electrons. The third-order valence-electron chi connectivity index (χ3n) is 2.45. The number of nitrogens with one attached hydrogen (secondary N) is 1. The number of hydrogen-bond acceptors (Lipinski definition) is 3. The number of aromatic nitrogens is 1. The van der Waals surface area contributed by atoms with Gasteiger partial charge in [-0.15, -0.1) is 0 Å². The van der Waals surface area contributed by atoms with Gasteiger partial charge in [-0.2, -0.15) is 22.5 Å². The molecular weight excluding hydrogens is 242 g/mol. The Balaban J connectivity index is 2.43. The van der Waals surface area contributed by atoms with Gasteiger partial charge in [0.2, 0.25) is 17.4 Å². The first-order valence-corrected chi connectivity index (χ1v) is 4.61. The molecule has 3 N–H and O–H groups in total. The van der Waals surface area contributed by atoms with Crippen molar-refractivity contribution in [1.82, 2.24) is 4.98 Å². The topological polar surface area (TPSA) is 72.0 Å². The van der Waals surface area contributed by atoms with Gasteiger partial charge in [0.05, 0.1) is 0 Å². The van der Waals surface area contributed by atoms with Crippen LogP contribution in [0.4, 0.5) is 17.6 Å². The van der Waals surface area contributed by atoms with Crippen LogP contribution in [0.15, 0.2) is 0 Å². The van der Waals surface area contributed by atoms with E-state index in [4.69, 9.17) is 15.9 Å². The summed E-state index contributed by atoms with van der Waals surface area (Å²) in [6, 6.07) is 0. The number of hydrogen-bond donors (Lipinski definition) is 2. The van der Waals surface area contributed by atoms with Gasteiger partial charge in [0, 0.05) is 0 Å². The summed E-state index contributed by atoms with van der Waals surface area (Å²) in [5.74, 6) is -8.78. The molecule has 1 aliphatic carbocycles. The summed E-state index contributed by atoms with van der Waals surface area (Å²) in [4.78, 5) is 2.38. The van der Waals surface area contributed by atoms with Crippen LogP contribution in [-0.4, -0.2) is 16.4 Å². The SMILES string of the molecule is N=C(N)C1(Oc2c(F)c(F)nc(F)c2F)CC1. The van der Waals surface area contributed by atoms with Gasteiger partial charge in [-0.25, -0.2) is 0 Å². The predicted octanol–water partition coefficient (Wildman–Crippen LogP) is 1.49. The monoisotopic (exact) mass is 249 g/mol. The van der Waals surface area contributed by atoms with Crippen LogP contribution in [0.25, 0.3) is 0 Å². The molecule has 0 aromatic carbocycles. The van der Waals surface area contributed by atoms with Crippen molar-refractivity contribution in [2.45, 2.75) is 18.4 Å². The minimum absolute atomic E-state index is 0.257. The van der Waals surface area contributed by atoms with Crippen molar-refractivity contribution in [3.63, 3.8) is 0 Å². The first kappa shape index (κ1) is 11.6. The molecule has 0 saturated heterocycles. The molecule has 1 fully saturated rings. The van der Waals surface area contributed by atoms with E-state index in [1.165, 1.54) is 0 Å². The maximum absolute atomic E-state index is 13.2. The number of halogens is 4. The zero-order valence-corrected chi connectivity index (χ0v) is 8.36. The molecule has 0 spiro atoms. The number of rotatable bonds is 3. The molecule has 1 saturated carbocycles. The van der Waals surface area contributed by atoms with E-state index >= 15 is 0 Å². The van der Waals surface area contributed by atoms with Crippen LogP contribution in [0, 0.1) is 28.9 Å². The predicted molar refractivity (Wildman–Crippen MR) is 48.6 cm³/mol. The average molecular weight is 249 g/mol. The molecule has 17 heavy (non-hydrogen) atoms. The molecule has 1 aromatic heterocycles. The fourth-order valence-corrected chi connectivity index (χ4v) is 1.29. The Labute approximate surface area is 92.9 Å². The number of amidine groups is 1. The lowest BCUT2D eigenvalue weighted by atomic mass is 10.3. The Kier molecular flexibility index (Phi) is 2.44. The van der Waals surface area contributed by atoms with Crippen LogP contribution < -0.4 is 10.5 Å². The summed E-state index contributed by atoms with van der Waals surface area (Å²) in [5, 5.41) is 7.16. The highest BCUT2D eigenvalue weighted by Gasteiger charge is 2.50. The van der Waals surface area contributed by atoms with Crippen molar-refractivity contribution >= 4 is 5.84 Å². The zero-order valence-electron chi connectivity index (χ0n) is 8.36. The zero-order chi connectivity index (χ0) is 12.8. The second-order valence-corrected chi connectivity index (χ2v) is 3.66. The van der Waals surface area contributed by atoms with Gasteiger partial charge in [0.15, 0.2) is 5.60 Å². The van der Waals surface area contributed by atoms with Gasteiger partial charge in [-0.3, -0.25) is 5.41 Å². The van der Waals surface area contributed by atoms with Crippen LogP contribution in [0.2, 0.25) is 0 Å². The highest BCUT2D eigenvalue weighted by molar-refractivity contribution is 5.89. The molecule has 0 unspecified atom stereocenters. The number of nitrogens with zero attached hydrogens (tertiary/aromatic N) is 1. The Hall–Kier alpha value is -1.86. The fourth-order valence-electron chi connectivity index (χ4n) is 1.29. The van der Waals surface area contributed by atoms with E-state index in [0.717, 1.165) is 0 Å². The molecule has 0 amide bonds. The standard InChI is InChI=1S/C9H7F4N3O/c10-3-5(4(11)7(13)16-6(3)12)17-9(1-2-9)8(14)15/h1-2H2,(H3,14,15). The largest absolute Gasteiger partial charge is 0.473 e. The third kappa shape index (κ3) is 1.79. The highest BCUT2D eigenvalue weighted by Crippen LogP contribution is 2.41. The van der Waals surface area contributed by atoms with E-state index < -0.39 is 40.7 Å². The molecular formula is C9H7F4N3O. The number of pyridine rings is 1. The van der Waals surface area contributed by atoms with E-state index in [9.17, 15) is 17.6 Å². The highest BCUT2D eigenvalue weighted by atomic mass is 19.2. The summed E-state index contributed by atoms with van der Waals surface area (Å²) in [5.41, 5.74) is 3.81. The van der Waals surface area contributed by atoms with Gasteiger partial charge >= 0.3 is 0 Å². The Morgan fingerprint density at radius 3 is 2.00 bits per heavy atom. The van der Waals surface area contributed by atoms with E-state index in [-0.39, 0.29) is 12.8 Å². The van der Waals surface area contributed by atoms with Crippen LogP contribution in [0.3, 0.4) is 0 Å². The number of nitrogens with two attached hydrogens (primary N) is 1. The lowest BCUT2D eigenvalue weighted by molar-refractivity contribution is 0.211. The first-order chi connectivity index (χ1) is 7.87. The lowest BCUT2D eigenvalue weighted by Gasteiger charge is -2.17. The van der Waals surface area contributed by atoms with Crippen molar-refractivity contribution in [1.29, 1.82) is 5.41 Å². The summed E-state index contributed by atoms with van der Waals surface area (Å²) < 4.78 is 56.7. The summed E-state index contributed by atoms with van der Waals surface area (Å²) in [6.07, 6.45) is 0.513. The molecule has 1 aliphatic rings. The quantitative estimate of drug-likeness (QED) is 0.369. The minimum atomic E-state index is -1.81. The normalized spacial score (nSPS) is 16.7. The average Bonchev–Trinajstić information content (AvgIpc) is 3.03. The third-order valence-corrected chi connectivity index (χ3v) is 2.45. The van der Waals surface area contributed by atoms with Crippen molar-refractivity contribution in [2.75, 3.05) is 0 Å². The van der Waals surface area contributed by atoms with Gasteiger partial charge in [-0.1, -0.05) is 0 Å². The van der Waals surface area contributed by atoms with Crippen molar-refractivity contribution in [3.8, 4) is 5.75 Å². The minimum Gasteiger partial charge on any atom is -0.473 e. The van der Waals surface area contributed by atoms with Crippen molar-refractivity contribution in [2.24, 2.45) is 5.73 Å². The molecule has 1 heterocycles. The molecule has 0 aliphatic heterocycles. The smallest absolute Gasteiger partial charge is 0.255 e. The van der Waals surface area contributed by atoms with E-state index in [1.807, 2.05) is 0 Å². The van der Waals surface area contributed by atoms with Gasteiger partial charge < -0.3 is 10.5 Å². The molecule has 0 bridgehead atoms. The van der Waals surface area contributed by atoms with Gasteiger partial charge in [-0.05, 0) is 12.8 Å². The molecule has 92 valence electrons. The second kappa shape index (κ2) is 3.57. The lowest BCUT2D eigenvalue weighted by Crippen LogP contribution is -2.36. The molecule has 2 rings (SSSR count). The molecule has 0 atom stereocenters. The van der Waals surface area contributed by atoms with E-state index in [2.05, 4.69) is 4.98 Å². The second-order valence-electron chi connectivity index (χ2n) is 3.66. The Bertz CT molecular complexity index is 475. The van der Waals surface area contributed by atoms with E-state index in [1.54, 1.807) is 0 Å². The molecule has 1 aromatic rings. The van der Waals surface area contributed by atoms with Crippen LogP contribution in [-0.2, 0) is 0 Å². The summed E-state index contributed by atoms with van der Waals surface area (Å²) in [7, 11) is 0. The summed E-state index contributed by atoms with van der Waals surface area (Å²) in [6.45, 7) is 0. The van der Waals surface area contributed by atoms with Crippen LogP contribution >= 0.6 is 0 Å². The Morgan fingerprint density at radius 2 is 1.65 bits per heavy atom. The molecule has 8 heteroatoms. The first-order valence-electron chi connectivity index (χ1n) is 4.61. The number of ether oxygens (including phenoxy) is 1. The molecule has 4 nitrogen and oxygen atoms in total. The van der Waals surface area contributed by atoms with E-state index in [0.29, 0.717) is 0 Å². The maximum atomic E-state index is 13.2. The summed E-state index contributed by atoms with van der Waals surface area (Å²) >= 11 is 0. The van der Waals surface area contributed by atoms with Gasteiger partial charge in [0.25, 0.3) is 11.9 Å². The van der Waals surface area contributed by atoms with Crippen molar-refractivity contribution in [3.05, 3.63) is 23.5 Å². The Morgan fingerprint density at radius 1 is 1.18 bits per heavy atom. The van der Waals surface area contributed by atoms with Crippen LogP contribution in [0.1, 0.15) is 12.8 Å². The van der Waals surface area contributed by atoms with Crippen molar-refractivity contribution < 1.29 is 22.3 Å². The maximum Gasteiger partial charge on any atom is 0.255 e. The van der Waals surface area contributed by atoms with Gasteiger partial charge in [0.1, 0.15) is 5.84 Å². The van der Waals surface area contributed by atoms with Crippen LogP contribution in [0.5, 0.6) is 5.75 Å².